The Hall–Kier alpha value is -5.42. The summed E-state index contributed by atoms with van der Waals surface area (Å²) in [7, 11) is -2.24. The highest BCUT2D eigenvalue weighted by molar-refractivity contribution is 7.88. The summed E-state index contributed by atoms with van der Waals surface area (Å²) in [4.78, 5) is 51.2. The summed E-state index contributed by atoms with van der Waals surface area (Å²) in [6.45, 7) is 7.03. The number of carbonyl (C=O) groups is 3. The SMILES string of the molecule is Cc1cc(N(C)C(=O)[C@H](Cc2cc(F)cc(F)c2)NC(=O)NS(=O)(=O)N[C@@H](Cc2cc(F)cc(F)c2)C(=O)N(C)c2cnc(C)c(C)c2)cnc1C. The van der Waals surface area contributed by atoms with Gasteiger partial charge in [-0.3, -0.25) is 19.6 Å². The first-order valence-electron chi connectivity index (χ1n) is 15.7. The topological polar surface area (TPSA) is 154 Å². The lowest BCUT2D eigenvalue weighted by atomic mass is 10.0. The quantitative estimate of drug-likeness (QED) is 0.184. The van der Waals surface area contributed by atoms with Crippen LogP contribution in [0.15, 0.2) is 60.9 Å². The third-order valence-electron chi connectivity index (χ3n) is 8.24. The molecule has 2 aromatic carbocycles. The predicted molar refractivity (Wildman–Crippen MR) is 186 cm³/mol. The molecule has 0 bridgehead atoms. The fourth-order valence-electron chi connectivity index (χ4n) is 5.18. The molecular weight excluding hydrogens is 706 g/mol. The number of carbonyl (C=O) groups excluding carboxylic acids is 3. The minimum Gasteiger partial charge on any atom is -0.325 e. The average molecular weight is 744 g/mol. The van der Waals surface area contributed by atoms with Crippen molar-refractivity contribution in [2.45, 2.75) is 52.6 Å². The van der Waals surface area contributed by atoms with Crippen LogP contribution in [0.5, 0.6) is 0 Å². The first-order valence-corrected chi connectivity index (χ1v) is 17.2. The fourth-order valence-corrected chi connectivity index (χ4v) is 6.10. The van der Waals surface area contributed by atoms with Gasteiger partial charge in [-0.05, 0) is 92.8 Å². The molecule has 0 aliphatic heterocycles. The summed E-state index contributed by atoms with van der Waals surface area (Å²) in [6, 6.07) is 3.52. The summed E-state index contributed by atoms with van der Waals surface area (Å²) in [5.41, 5.74) is 3.35. The molecular formula is C35H37F4N7O5S. The summed E-state index contributed by atoms with van der Waals surface area (Å²) >= 11 is 0. The van der Waals surface area contributed by atoms with E-state index in [4.69, 9.17) is 0 Å². The second-order valence-corrected chi connectivity index (χ2v) is 13.7. The number of amides is 4. The molecule has 0 unspecified atom stereocenters. The number of benzene rings is 2. The van der Waals surface area contributed by atoms with Crippen LogP contribution in [-0.2, 0) is 32.6 Å². The zero-order valence-corrected chi connectivity index (χ0v) is 29.9. The van der Waals surface area contributed by atoms with E-state index < -0.39 is 76.2 Å². The number of hydrogen-bond acceptors (Lipinski definition) is 7. The fraction of sp³-hybridized carbons (Fsp3) is 0.286. The molecule has 52 heavy (non-hydrogen) atoms. The molecule has 0 aliphatic carbocycles. The molecule has 0 aliphatic rings. The molecule has 3 N–H and O–H groups in total. The highest BCUT2D eigenvalue weighted by atomic mass is 32.2. The summed E-state index contributed by atoms with van der Waals surface area (Å²) in [5.74, 6) is -5.49. The molecule has 4 rings (SSSR count). The molecule has 0 spiro atoms. The first kappa shape index (κ1) is 39.4. The molecule has 0 radical (unpaired) electrons. The normalized spacial score (nSPS) is 12.5. The number of urea groups is 1. The number of aromatic nitrogens is 2. The van der Waals surface area contributed by atoms with Crippen molar-refractivity contribution in [3.63, 3.8) is 0 Å². The first-order chi connectivity index (χ1) is 24.3. The van der Waals surface area contributed by atoms with Crippen molar-refractivity contribution < 1.29 is 40.4 Å². The van der Waals surface area contributed by atoms with Crippen molar-refractivity contribution in [1.29, 1.82) is 0 Å². The maximum absolute atomic E-state index is 14.1. The van der Waals surface area contributed by atoms with E-state index in [0.717, 1.165) is 45.2 Å². The van der Waals surface area contributed by atoms with E-state index in [-0.39, 0.29) is 16.8 Å². The molecule has 4 aromatic rings. The van der Waals surface area contributed by atoms with E-state index in [9.17, 15) is 40.4 Å². The third-order valence-corrected chi connectivity index (χ3v) is 9.29. The van der Waals surface area contributed by atoms with E-state index in [0.29, 0.717) is 29.2 Å². The van der Waals surface area contributed by atoms with Gasteiger partial charge >= 0.3 is 16.2 Å². The molecule has 17 heteroatoms. The highest BCUT2D eigenvalue weighted by Gasteiger charge is 2.32. The number of halogens is 4. The number of nitrogens with zero attached hydrogens (tertiary/aromatic N) is 4. The van der Waals surface area contributed by atoms with Crippen molar-refractivity contribution in [3.8, 4) is 0 Å². The lowest BCUT2D eigenvalue weighted by Crippen LogP contribution is -2.57. The number of rotatable bonds is 12. The molecule has 12 nitrogen and oxygen atoms in total. The van der Waals surface area contributed by atoms with Gasteiger partial charge in [-0.25, -0.2) is 27.1 Å². The second kappa shape index (κ2) is 16.3. The number of nitrogens with one attached hydrogen (secondary N) is 3. The van der Waals surface area contributed by atoms with Crippen LogP contribution in [0, 0.1) is 51.0 Å². The van der Waals surface area contributed by atoms with Gasteiger partial charge < -0.3 is 15.1 Å². The lowest BCUT2D eigenvalue weighted by molar-refractivity contribution is -0.120. The van der Waals surface area contributed by atoms with Crippen LogP contribution >= 0.6 is 0 Å². The Kier molecular flexibility index (Phi) is 12.3. The second-order valence-electron chi connectivity index (χ2n) is 12.3. The Labute approximate surface area is 298 Å². The molecule has 0 saturated heterocycles. The predicted octanol–water partition coefficient (Wildman–Crippen LogP) is 4.25. The molecule has 0 fully saturated rings. The minimum absolute atomic E-state index is 0.0272. The number of likely N-dealkylation sites (N-methyl/N-ethyl adjacent to an activating group) is 2. The Bertz CT molecular complexity index is 2080. The summed E-state index contributed by atoms with van der Waals surface area (Å²) < 4.78 is 86.7. The van der Waals surface area contributed by atoms with Crippen LogP contribution in [0.3, 0.4) is 0 Å². The van der Waals surface area contributed by atoms with Crippen LogP contribution in [0.2, 0.25) is 0 Å². The molecule has 4 amide bonds. The van der Waals surface area contributed by atoms with E-state index >= 15 is 0 Å². The Morgan fingerprint density at radius 1 is 0.654 bits per heavy atom. The van der Waals surface area contributed by atoms with E-state index in [1.807, 2.05) is 0 Å². The number of hydrogen-bond donors (Lipinski definition) is 3. The average Bonchev–Trinajstić information content (AvgIpc) is 3.04. The van der Waals surface area contributed by atoms with Crippen molar-refractivity contribution in [2.75, 3.05) is 23.9 Å². The Balaban J connectivity index is 1.60. The van der Waals surface area contributed by atoms with Gasteiger partial charge in [0.15, 0.2) is 0 Å². The monoisotopic (exact) mass is 743 g/mol. The van der Waals surface area contributed by atoms with Gasteiger partial charge in [0.2, 0.25) is 11.8 Å². The zero-order chi connectivity index (χ0) is 38.5. The summed E-state index contributed by atoms with van der Waals surface area (Å²) in [6.07, 6.45) is 1.78. The minimum atomic E-state index is -4.95. The largest absolute Gasteiger partial charge is 0.330 e. The molecule has 2 atom stereocenters. The Morgan fingerprint density at radius 3 is 1.44 bits per heavy atom. The van der Waals surface area contributed by atoms with Gasteiger partial charge in [-0.1, -0.05) is 0 Å². The lowest BCUT2D eigenvalue weighted by Gasteiger charge is -2.26. The van der Waals surface area contributed by atoms with Crippen molar-refractivity contribution in [3.05, 3.63) is 118 Å². The zero-order valence-electron chi connectivity index (χ0n) is 29.1. The molecule has 2 aromatic heterocycles. The van der Waals surface area contributed by atoms with Gasteiger partial charge in [0.25, 0.3) is 0 Å². The van der Waals surface area contributed by atoms with Gasteiger partial charge in [-0.15, -0.1) is 0 Å². The van der Waals surface area contributed by atoms with Crippen LogP contribution < -0.4 is 24.6 Å². The van der Waals surface area contributed by atoms with Crippen molar-refractivity contribution >= 4 is 39.4 Å². The summed E-state index contributed by atoms with van der Waals surface area (Å²) in [5, 5.41) is 2.24. The Morgan fingerprint density at radius 2 is 1.04 bits per heavy atom. The number of anilines is 2. The third kappa shape index (κ3) is 10.3. The van der Waals surface area contributed by atoms with Crippen LogP contribution in [0.25, 0.3) is 0 Å². The van der Waals surface area contributed by atoms with Gasteiger partial charge in [-0.2, -0.15) is 13.1 Å². The van der Waals surface area contributed by atoms with Crippen LogP contribution in [-0.4, -0.2) is 62.4 Å². The van der Waals surface area contributed by atoms with E-state index in [2.05, 4.69) is 20.0 Å². The maximum Gasteiger partial charge on any atom is 0.330 e. The molecule has 2 heterocycles. The van der Waals surface area contributed by atoms with Crippen molar-refractivity contribution in [2.24, 2.45) is 0 Å². The van der Waals surface area contributed by atoms with Gasteiger partial charge in [0, 0.05) is 44.0 Å². The number of pyridine rings is 2. The smallest absolute Gasteiger partial charge is 0.325 e. The van der Waals surface area contributed by atoms with Crippen LogP contribution in [0.1, 0.15) is 33.6 Å². The van der Waals surface area contributed by atoms with Crippen LogP contribution in [0.4, 0.5) is 33.7 Å². The highest BCUT2D eigenvalue weighted by Crippen LogP contribution is 2.20. The van der Waals surface area contributed by atoms with Gasteiger partial charge in [0.1, 0.15) is 35.4 Å². The molecule has 276 valence electrons. The van der Waals surface area contributed by atoms with E-state index in [1.165, 1.54) is 26.5 Å². The maximum atomic E-state index is 14.1. The standard InChI is InChI=1S/C35H37F4N7O5S/c1-19-7-29(17-40-21(19)3)45(5)33(47)31(13-23-9-25(36)15-26(37)10-23)42-35(49)44-52(50,51)43-32(14-24-11-27(38)16-28(39)12-24)34(48)46(6)30-8-20(2)22(4)41-18-30/h7-12,15-18,31-32,43H,13-14H2,1-6H3,(H2,42,44,49)/t31-,32-/m0/s1. The molecule has 0 saturated carbocycles. The van der Waals surface area contributed by atoms with Crippen molar-refractivity contribution in [1.82, 2.24) is 24.7 Å². The van der Waals surface area contributed by atoms with E-state index in [1.54, 1.807) is 44.5 Å². The van der Waals surface area contributed by atoms with Gasteiger partial charge in [0.05, 0.1) is 23.8 Å². The number of aryl methyl sites for hydroxylation is 4.